The van der Waals surface area contributed by atoms with E-state index in [2.05, 4.69) is 21.9 Å². The van der Waals surface area contributed by atoms with Crippen LogP contribution < -0.4 is 10.6 Å². The molecular formula is C15H23N3O. The van der Waals surface area contributed by atoms with Gasteiger partial charge in [-0.05, 0) is 25.0 Å². The van der Waals surface area contributed by atoms with Gasteiger partial charge in [-0.25, -0.2) is 0 Å². The van der Waals surface area contributed by atoms with E-state index in [1.807, 2.05) is 12.1 Å². The van der Waals surface area contributed by atoms with E-state index in [1.54, 1.807) is 0 Å². The maximum Gasteiger partial charge on any atom is 0.0621 e. The lowest BCUT2D eigenvalue weighted by Gasteiger charge is -2.41. The van der Waals surface area contributed by atoms with Crippen molar-refractivity contribution in [3.63, 3.8) is 0 Å². The summed E-state index contributed by atoms with van der Waals surface area (Å²) in [5.74, 6) is 0. The topological polar surface area (TPSA) is 41.7 Å². The van der Waals surface area contributed by atoms with Crippen LogP contribution in [-0.4, -0.2) is 50.3 Å². The van der Waals surface area contributed by atoms with Gasteiger partial charge in [0.1, 0.15) is 0 Å². The van der Waals surface area contributed by atoms with Gasteiger partial charge in [-0.3, -0.25) is 4.90 Å². The molecule has 1 aromatic carbocycles. The van der Waals surface area contributed by atoms with Gasteiger partial charge in [-0.1, -0.05) is 12.1 Å². The molecule has 1 atom stereocenters. The van der Waals surface area contributed by atoms with Crippen molar-refractivity contribution in [3.05, 3.63) is 24.3 Å². The van der Waals surface area contributed by atoms with Crippen LogP contribution in [0.1, 0.15) is 12.8 Å². The number of hydrogen-bond donors (Lipinski definition) is 1. The lowest BCUT2D eigenvalue weighted by molar-refractivity contribution is 0.0159. The second kappa shape index (κ2) is 5.80. The Bertz CT molecular complexity index is 410. The summed E-state index contributed by atoms with van der Waals surface area (Å²) in [4.78, 5) is 4.98. The number of anilines is 2. The zero-order chi connectivity index (χ0) is 13.1. The molecule has 0 aromatic heterocycles. The van der Waals surface area contributed by atoms with Gasteiger partial charge >= 0.3 is 0 Å². The smallest absolute Gasteiger partial charge is 0.0621 e. The lowest BCUT2D eigenvalue weighted by Crippen LogP contribution is -2.52. The number of piperazine rings is 1. The SMILES string of the molecule is Nc1ccccc1N1CCN(C2CCCOC2)CC1. The van der Waals surface area contributed by atoms with Crippen LogP contribution in [0.3, 0.4) is 0 Å². The summed E-state index contributed by atoms with van der Waals surface area (Å²) in [5.41, 5.74) is 8.12. The van der Waals surface area contributed by atoms with Crippen molar-refractivity contribution in [2.75, 3.05) is 50.0 Å². The first kappa shape index (κ1) is 12.8. The molecule has 2 N–H and O–H groups in total. The molecule has 1 unspecified atom stereocenters. The fourth-order valence-corrected chi connectivity index (χ4v) is 3.12. The van der Waals surface area contributed by atoms with E-state index < -0.39 is 0 Å². The molecule has 19 heavy (non-hydrogen) atoms. The second-order valence-electron chi connectivity index (χ2n) is 5.45. The summed E-state index contributed by atoms with van der Waals surface area (Å²) >= 11 is 0. The Kier molecular flexibility index (Phi) is 3.89. The number of benzene rings is 1. The standard InChI is InChI=1S/C15H23N3O/c16-14-5-1-2-6-15(14)18-9-7-17(8-10-18)13-4-3-11-19-12-13/h1-2,5-6,13H,3-4,7-12,16H2. The molecule has 2 saturated heterocycles. The van der Waals surface area contributed by atoms with Gasteiger partial charge in [-0.15, -0.1) is 0 Å². The average molecular weight is 261 g/mol. The van der Waals surface area contributed by atoms with Gasteiger partial charge in [0.15, 0.2) is 0 Å². The lowest BCUT2D eigenvalue weighted by atomic mass is 10.1. The highest BCUT2D eigenvalue weighted by Crippen LogP contribution is 2.24. The maximum atomic E-state index is 6.05. The van der Waals surface area contributed by atoms with Crippen LogP contribution >= 0.6 is 0 Å². The fourth-order valence-electron chi connectivity index (χ4n) is 3.12. The van der Waals surface area contributed by atoms with Crippen molar-refractivity contribution in [2.24, 2.45) is 0 Å². The molecule has 3 rings (SSSR count). The van der Waals surface area contributed by atoms with Crippen LogP contribution in [0.15, 0.2) is 24.3 Å². The molecule has 0 aliphatic carbocycles. The molecule has 0 radical (unpaired) electrons. The summed E-state index contributed by atoms with van der Waals surface area (Å²) in [6.07, 6.45) is 2.49. The molecule has 0 bridgehead atoms. The highest BCUT2D eigenvalue weighted by Gasteiger charge is 2.26. The molecule has 2 heterocycles. The molecule has 0 spiro atoms. The van der Waals surface area contributed by atoms with E-state index in [9.17, 15) is 0 Å². The molecular weight excluding hydrogens is 238 g/mol. The van der Waals surface area contributed by atoms with Gasteiger partial charge in [0, 0.05) is 38.8 Å². The van der Waals surface area contributed by atoms with Gasteiger partial charge < -0.3 is 15.4 Å². The molecule has 104 valence electrons. The number of ether oxygens (including phenoxy) is 1. The van der Waals surface area contributed by atoms with E-state index in [0.717, 1.165) is 45.1 Å². The number of nitrogen functional groups attached to an aromatic ring is 1. The summed E-state index contributed by atoms with van der Waals surface area (Å²) in [7, 11) is 0. The molecule has 2 aliphatic rings. The molecule has 2 fully saturated rings. The van der Waals surface area contributed by atoms with Crippen LogP contribution in [0.4, 0.5) is 11.4 Å². The van der Waals surface area contributed by atoms with Crippen molar-refractivity contribution in [1.29, 1.82) is 0 Å². The average Bonchev–Trinajstić information content (AvgIpc) is 2.49. The number of nitrogens with zero attached hydrogens (tertiary/aromatic N) is 2. The Morgan fingerprint density at radius 3 is 2.58 bits per heavy atom. The van der Waals surface area contributed by atoms with Crippen molar-refractivity contribution >= 4 is 11.4 Å². The molecule has 0 saturated carbocycles. The third-order valence-electron chi connectivity index (χ3n) is 4.24. The van der Waals surface area contributed by atoms with Crippen LogP contribution in [0.2, 0.25) is 0 Å². The number of nitrogens with two attached hydrogens (primary N) is 1. The van der Waals surface area contributed by atoms with E-state index in [4.69, 9.17) is 10.5 Å². The molecule has 4 heteroatoms. The summed E-state index contributed by atoms with van der Waals surface area (Å²) in [6.45, 7) is 6.20. The van der Waals surface area contributed by atoms with E-state index in [1.165, 1.54) is 18.5 Å². The molecule has 0 amide bonds. The first-order chi connectivity index (χ1) is 9.34. The van der Waals surface area contributed by atoms with Crippen molar-refractivity contribution in [3.8, 4) is 0 Å². The van der Waals surface area contributed by atoms with Crippen molar-refractivity contribution in [1.82, 2.24) is 4.90 Å². The highest BCUT2D eigenvalue weighted by atomic mass is 16.5. The quantitative estimate of drug-likeness (QED) is 0.821. The van der Waals surface area contributed by atoms with Crippen LogP contribution in [0, 0.1) is 0 Å². The minimum absolute atomic E-state index is 0.629. The van der Waals surface area contributed by atoms with Gasteiger partial charge in [0.2, 0.25) is 0 Å². The predicted molar refractivity (Wildman–Crippen MR) is 78.5 cm³/mol. The summed E-state index contributed by atoms with van der Waals surface area (Å²) in [5, 5.41) is 0. The van der Waals surface area contributed by atoms with Gasteiger partial charge in [0.05, 0.1) is 18.0 Å². The predicted octanol–water partition coefficient (Wildman–Crippen LogP) is 1.57. The van der Waals surface area contributed by atoms with E-state index >= 15 is 0 Å². The second-order valence-corrected chi connectivity index (χ2v) is 5.45. The van der Waals surface area contributed by atoms with E-state index in [0.29, 0.717) is 6.04 Å². The largest absolute Gasteiger partial charge is 0.397 e. The Morgan fingerprint density at radius 1 is 1.11 bits per heavy atom. The third kappa shape index (κ3) is 2.85. The Balaban J connectivity index is 1.58. The minimum atomic E-state index is 0.629. The molecule has 1 aromatic rings. The Morgan fingerprint density at radius 2 is 1.89 bits per heavy atom. The first-order valence-electron chi connectivity index (χ1n) is 7.26. The van der Waals surface area contributed by atoms with Crippen LogP contribution in [0.5, 0.6) is 0 Å². The monoisotopic (exact) mass is 261 g/mol. The number of hydrogen-bond acceptors (Lipinski definition) is 4. The van der Waals surface area contributed by atoms with Crippen LogP contribution in [0.25, 0.3) is 0 Å². The first-order valence-corrected chi connectivity index (χ1v) is 7.26. The molecule has 2 aliphatic heterocycles. The van der Waals surface area contributed by atoms with Gasteiger partial charge in [0.25, 0.3) is 0 Å². The minimum Gasteiger partial charge on any atom is -0.397 e. The highest BCUT2D eigenvalue weighted by molar-refractivity contribution is 5.67. The summed E-state index contributed by atoms with van der Waals surface area (Å²) < 4.78 is 5.59. The maximum absolute atomic E-state index is 6.05. The van der Waals surface area contributed by atoms with Gasteiger partial charge in [-0.2, -0.15) is 0 Å². The number of rotatable bonds is 2. The summed E-state index contributed by atoms with van der Waals surface area (Å²) in [6, 6.07) is 8.79. The Hall–Kier alpha value is -1.26. The Labute approximate surface area is 115 Å². The number of para-hydroxylation sites is 2. The third-order valence-corrected chi connectivity index (χ3v) is 4.24. The fraction of sp³-hybridized carbons (Fsp3) is 0.600. The normalized spacial score (nSPS) is 25.5. The van der Waals surface area contributed by atoms with Crippen LogP contribution in [-0.2, 0) is 4.74 Å². The zero-order valence-corrected chi connectivity index (χ0v) is 11.4. The molecule has 4 nitrogen and oxygen atoms in total. The zero-order valence-electron chi connectivity index (χ0n) is 11.4. The van der Waals surface area contributed by atoms with E-state index in [-0.39, 0.29) is 0 Å². The van der Waals surface area contributed by atoms with Crippen molar-refractivity contribution < 1.29 is 4.74 Å². The van der Waals surface area contributed by atoms with Crippen molar-refractivity contribution in [2.45, 2.75) is 18.9 Å².